The zero-order valence-electron chi connectivity index (χ0n) is 11.9. The Bertz CT molecular complexity index is 290. The van der Waals surface area contributed by atoms with Crippen LogP contribution in [-0.2, 0) is 9.59 Å². The van der Waals surface area contributed by atoms with Crippen molar-refractivity contribution >= 4 is 11.8 Å². The van der Waals surface area contributed by atoms with Crippen LogP contribution in [0, 0.1) is 11.8 Å². The second-order valence-corrected chi connectivity index (χ2v) is 5.51. The zero-order chi connectivity index (χ0) is 13.5. The summed E-state index contributed by atoms with van der Waals surface area (Å²) in [4.78, 5) is 25.7. The molecule has 1 atom stereocenters. The van der Waals surface area contributed by atoms with Crippen LogP contribution in [0.2, 0.25) is 0 Å². The number of piperidine rings is 1. The molecule has 0 aromatic carbocycles. The summed E-state index contributed by atoms with van der Waals surface area (Å²) in [6.07, 6.45) is 3.38. The minimum Gasteiger partial charge on any atom is -0.356 e. The average Bonchev–Trinajstić information content (AvgIpc) is 2.36. The predicted octanol–water partition coefficient (Wildman–Crippen LogP) is 1.80. The number of carbonyl (C=O) groups excluding carboxylic acids is 2. The van der Waals surface area contributed by atoms with Gasteiger partial charge in [-0.05, 0) is 32.1 Å². The number of rotatable bonds is 5. The number of nitrogens with one attached hydrogen (secondary N) is 1. The van der Waals surface area contributed by atoms with E-state index in [1.54, 1.807) is 0 Å². The van der Waals surface area contributed by atoms with E-state index in [1.165, 1.54) is 0 Å². The van der Waals surface area contributed by atoms with Crippen molar-refractivity contribution in [2.24, 2.45) is 11.8 Å². The van der Waals surface area contributed by atoms with Crippen LogP contribution in [0.5, 0.6) is 0 Å². The highest BCUT2D eigenvalue weighted by Gasteiger charge is 2.27. The lowest BCUT2D eigenvalue weighted by molar-refractivity contribution is -0.135. The zero-order valence-corrected chi connectivity index (χ0v) is 11.9. The molecule has 0 bridgehead atoms. The van der Waals surface area contributed by atoms with Crippen LogP contribution in [0.3, 0.4) is 0 Å². The van der Waals surface area contributed by atoms with Crippen molar-refractivity contribution in [2.45, 2.75) is 46.5 Å². The molecule has 2 amide bonds. The van der Waals surface area contributed by atoms with Gasteiger partial charge in [-0.1, -0.05) is 13.8 Å². The number of hydrogen-bond acceptors (Lipinski definition) is 2. The van der Waals surface area contributed by atoms with E-state index in [-0.39, 0.29) is 17.7 Å². The van der Waals surface area contributed by atoms with Gasteiger partial charge in [-0.15, -0.1) is 0 Å². The van der Waals surface area contributed by atoms with Gasteiger partial charge in [0, 0.05) is 26.1 Å². The van der Waals surface area contributed by atoms with Crippen molar-refractivity contribution in [3.63, 3.8) is 0 Å². The minimum absolute atomic E-state index is 0.0123. The molecule has 1 rings (SSSR count). The monoisotopic (exact) mass is 254 g/mol. The molecule has 1 N–H and O–H groups in total. The third-order valence-corrected chi connectivity index (χ3v) is 3.43. The van der Waals surface area contributed by atoms with Gasteiger partial charge in [0.1, 0.15) is 0 Å². The molecule has 0 spiro atoms. The maximum Gasteiger partial charge on any atom is 0.224 e. The quantitative estimate of drug-likeness (QED) is 0.813. The Morgan fingerprint density at radius 3 is 2.72 bits per heavy atom. The molecular weight excluding hydrogens is 228 g/mol. The topological polar surface area (TPSA) is 49.4 Å². The lowest BCUT2D eigenvalue weighted by Gasteiger charge is -2.32. The summed E-state index contributed by atoms with van der Waals surface area (Å²) in [7, 11) is 0. The first kappa shape index (κ1) is 15.0. The number of amides is 2. The Balaban J connectivity index is 2.42. The molecule has 4 heteroatoms. The second kappa shape index (κ2) is 7.39. The van der Waals surface area contributed by atoms with Gasteiger partial charge in [0.2, 0.25) is 11.8 Å². The van der Waals surface area contributed by atoms with Crippen molar-refractivity contribution in [3.8, 4) is 0 Å². The molecule has 1 aliphatic rings. The van der Waals surface area contributed by atoms with Gasteiger partial charge in [-0.2, -0.15) is 0 Å². The molecule has 18 heavy (non-hydrogen) atoms. The third-order valence-electron chi connectivity index (χ3n) is 3.43. The number of nitrogens with zero attached hydrogens (tertiary/aromatic N) is 1. The summed E-state index contributed by atoms with van der Waals surface area (Å²) in [6, 6.07) is 0. The summed E-state index contributed by atoms with van der Waals surface area (Å²) in [5.41, 5.74) is 0. The average molecular weight is 254 g/mol. The number of carbonyl (C=O) groups is 2. The molecule has 0 unspecified atom stereocenters. The van der Waals surface area contributed by atoms with Gasteiger partial charge in [0.25, 0.3) is 0 Å². The smallest absolute Gasteiger partial charge is 0.224 e. The molecule has 1 saturated heterocycles. The Kier molecular flexibility index (Phi) is 6.16. The van der Waals surface area contributed by atoms with Crippen LogP contribution in [0.15, 0.2) is 0 Å². The highest BCUT2D eigenvalue weighted by atomic mass is 16.2. The molecule has 0 radical (unpaired) electrons. The molecule has 0 saturated carbocycles. The molecule has 0 aromatic heterocycles. The van der Waals surface area contributed by atoms with E-state index in [0.717, 1.165) is 25.8 Å². The van der Waals surface area contributed by atoms with Crippen molar-refractivity contribution < 1.29 is 9.59 Å². The molecule has 104 valence electrons. The van der Waals surface area contributed by atoms with Crippen molar-refractivity contribution in [1.29, 1.82) is 0 Å². The fourth-order valence-corrected chi connectivity index (χ4v) is 2.31. The Morgan fingerprint density at radius 1 is 1.39 bits per heavy atom. The first-order valence-corrected chi connectivity index (χ1v) is 7.10. The van der Waals surface area contributed by atoms with E-state index in [0.29, 0.717) is 25.4 Å². The summed E-state index contributed by atoms with van der Waals surface area (Å²) in [6.45, 7) is 8.25. The maximum absolute atomic E-state index is 12.0. The highest BCUT2D eigenvalue weighted by Crippen LogP contribution is 2.18. The van der Waals surface area contributed by atoms with Gasteiger partial charge < -0.3 is 10.2 Å². The predicted molar refractivity (Wildman–Crippen MR) is 72.1 cm³/mol. The van der Waals surface area contributed by atoms with Crippen LogP contribution in [-0.4, -0.2) is 36.3 Å². The molecule has 0 aromatic rings. The van der Waals surface area contributed by atoms with Crippen LogP contribution in [0.1, 0.15) is 46.5 Å². The van der Waals surface area contributed by atoms with Gasteiger partial charge in [-0.25, -0.2) is 0 Å². The number of hydrogen-bond donors (Lipinski definition) is 1. The molecular formula is C14H26N2O2. The van der Waals surface area contributed by atoms with Crippen LogP contribution in [0.4, 0.5) is 0 Å². The number of likely N-dealkylation sites (tertiary alicyclic amines) is 1. The van der Waals surface area contributed by atoms with Crippen molar-refractivity contribution in [2.75, 3.05) is 19.6 Å². The first-order valence-electron chi connectivity index (χ1n) is 7.10. The normalized spacial score (nSPS) is 20.0. The largest absolute Gasteiger partial charge is 0.356 e. The molecule has 0 aliphatic carbocycles. The van der Waals surface area contributed by atoms with Crippen LogP contribution in [0.25, 0.3) is 0 Å². The van der Waals surface area contributed by atoms with Gasteiger partial charge >= 0.3 is 0 Å². The van der Waals surface area contributed by atoms with Crippen molar-refractivity contribution in [1.82, 2.24) is 10.2 Å². The lowest BCUT2D eigenvalue weighted by Crippen LogP contribution is -2.45. The first-order chi connectivity index (χ1) is 8.54. The van der Waals surface area contributed by atoms with E-state index in [9.17, 15) is 9.59 Å². The molecule has 1 fully saturated rings. The third kappa shape index (κ3) is 4.67. The van der Waals surface area contributed by atoms with Crippen LogP contribution >= 0.6 is 0 Å². The van der Waals surface area contributed by atoms with Gasteiger partial charge in [0.05, 0.1) is 5.92 Å². The standard InChI is InChI=1S/C14H26N2O2/c1-4-15-14(18)12-6-5-9-16(10-12)13(17)8-7-11(2)3/h11-12H,4-10H2,1-3H3,(H,15,18)/t12-/m0/s1. The molecule has 1 heterocycles. The second-order valence-electron chi connectivity index (χ2n) is 5.51. The molecule has 4 nitrogen and oxygen atoms in total. The van der Waals surface area contributed by atoms with E-state index in [2.05, 4.69) is 19.2 Å². The SMILES string of the molecule is CCNC(=O)[C@H]1CCCN(C(=O)CCC(C)C)C1. The lowest BCUT2D eigenvalue weighted by atomic mass is 9.96. The van der Waals surface area contributed by atoms with E-state index < -0.39 is 0 Å². The Morgan fingerprint density at radius 2 is 2.11 bits per heavy atom. The van der Waals surface area contributed by atoms with E-state index >= 15 is 0 Å². The Labute approximate surface area is 110 Å². The summed E-state index contributed by atoms with van der Waals surface area (Å²) in [5.74, 6) is 0.844. The molecule has 1 aliphatic heterocycles. The van der Waals surface area contributed by atoms with E-state index in [4.69, 9.17) is 0 Å². The minimum atomic E-state index is -0.0123. The van der Waals surface area contributed by atoms with Crippen LogP contribution < -0.4 is 5.32 Å². The fraction of sp³-hybridized carbons (Fsp3) is 0.857. The maximum atomic E-state index is 12.0. The Hall–Kier alpha value is -1.06. The van der Waals surface area contributed by atoms with E-state index in [1.807, 2.05) is 11.8 Å². The summed E-state index contributed by atoms with van der Waals surface area (Å²) < 4.78 is 0. The van der Waals surface area contributed by atoms with Crippen molar-refractivity contribution in [3.05, 3.63) is 0 Å². The highest BCUT2D eigenvalue weighted by molar-refractivity contribution is 5.81. The summed E-state index contributed by atoms with van der Waals surface area (Å²) in [5, 5.41) is 2.85. The van der Waals surface area contributed by atoms with Gasteiger partial charge in [-0.3, -0.25) is 9.59 Å². The summed E-state index contributed by atoms with van der Waals surface area (Å²) >= 11 is 0. The van der Waals surface area contributed by atoms with Gasteiger partial charge in [0.15, 0.2) is 0 Å². The fourth-order valence-electron chi connectivity index (χ4n) is 2.31.